The summed E-state index contributed by atoms with van der Waals surface area (Å²) in [6, 6.07) is 0. The van der Waals surface area contributed by atoms with Gasteiger partial charge in [0.1, 0.15) is 5.60 Å². The molecular weight excluding hydrogens is 219 g/mol. The first kappa shape index (κ1) is 14.8. The number of carbonyl (C=O) groups excluding carboxylic acids is 2. The lowest BCUT2D eigenvalue weighted by molar-refractivity contribution is -0.336. The number of rotatable bonds is 6. The van der Waals surface area contributed by atoms with Crippen molar-refractivity contribution in [1.82, 2.24) is 0 Å². The Morgan fingerprint density at radius 3 is 2.06 bits per heavy atom. The van der Waals surface area contributed by atoms with Crippen LogP contribution in [0.1, 0.15) is 46.5 Å². The predicted molar refractivity (Wildman–Crippen MR) is 52.6 cm³/mol. The Bertz CT molecular complexity index is 237. The van der Waals surface area contributed by atoms with Crippen LogP contribution >= 0.6 is 0 Å². The summed E-state index contributed by atoms with van der Waals surface area (Å²) in [6.07, 6.45) is 2.76. The minimum absolute atomic E-state index is 0.620. The Morgan fingerprint density at radius 2 is 1.69 bits per heavy atom. The Labute approximate surface area is 93.7 Å². The van der Waals surface area contributed by atoms with E-state index < -0.39 is 17.5 Å². The molecule has 6 heteroatoms. The van der Waals surface area contributed by atoms with Crippen LogP contribution in [0.3, 0.4) is 0 Å². The molecule has 0 aliphatic heterocycles. The molecule has 0 aromatic rings. The normalized spacial score (nSPS) is 11.0. The van der Waals surface area contributed by atoms with Gasteiger partial charge in [0.05, 0.1) is 0 Å². The quantitative estimate of drug-likeness (QED) is 0.402. The zero-order valence-electron chi connectivity index (χ0n) is 9.75. The van der Waals surface area contributed by atoms with Gasteiger partial charge in [-0.05, 0) is 19.3 Å². The van der Waals surface area contributed by atoms with Crippen LogP contribution in [0.15, 0.2) is 0 Å². The van der Waals surface area contributed by atoms with Gasteiger partial charge in [-0.3, -0.25) is 4.89 Å². The molecule has 16 heavy (non-hydrogen) atoms. The van der Waals surface area contributed by atoms with Crippen molar-refractivity contribution in [3.8, 4) is 0 Å². The molecule has 0 aliphatic carbocycles. The number of hydrogen-bond donors (Lipinski definition) is 0. The van der Waals surface area contributed by atoms with Gasteiger partial charge in [-0.25, -0.2) is 14.5 Å². The third-order valence-electron chi connectivity index (χ3n) is 2.53. The average molecular weight is 236 g/mol. The van der Waals surface area contributed by atoms with Crippen LogP contribution in [0.2, 0.25) is 0 Å². The zero-order valence-corrected chi connectivity index (χ0v) is 9.75. The highest BCUT2D eigenvalue weighted by Crippen LogP contribution is 2.26. The van der Waals surface area contributed by atoms with Crippen LogP contribution in [0.25, 0.3) is 0 Å². The topological polar surface area (TPSA) is 61.8 Å². The molecule has 0 aromatic carbocycles. The summed E-state index contributed by atoms with van der Waals surface area (Å²) in [6.45, 7) is 5.71. The Morgan fingerprint density at radius 1 is 1.12 bits per heavy atom. The highest BCUT2D eigenvalue weighted by Gasteiger charge is 2.31. The molecule has 94 valence electrons. The smallest absolute Gasteiger partial charge is 0.285 e. The summed E-state index contributed by atoms with van der Waals surface area (Å²) in [5.74, 6) is -3.22. The summed E-state index contributed by atoms with van der Waals surface area (Å²) in [7, 11) is 0. The number of carbonyl (C=O) groups is 2. The Kier molecular flexibility index (Phi) is 6.64. The average Bonchev–Trinajstić information content (AvgIpc) is 2.33. The minimum atomic E-state index is -1.72. The lowest BCUT2D eigenvalue weighted by Gasteiger charge is -2.28. The predicted octanol–water partition coefficient (Wildman–Crippen LogP) is 2.25. The molecule has 0 radical (unpaired) electrons. The van der Waals surface area contributed by atoms with Gasteiger partial charge in [-0.2, -0.15) is 4.89 Å². The molecule has 5 nitrogen and oxygen atoms in total. The van der Waals surface area contributed by atoms with Gasteiger partial charge in [0.15, 0.2) is 0 Å². The Balaban J connectivity index is 4.31. The molecule has 0 saturated carbocycles. The third-order valence-corrected chi connectivity index (χ3v) is 2.53. The van der Waals surface area contributed by atoms with E-state index in [9.17, 15) is 14.1 Å². The standard InChI is InChI=1S/C10H17FO5/c1-4-7-10(5-2,6-3)16-15-9(13)8(12)14-11/h4-7H2,1-3H3. The van der Waals surface area contributed by atoms with Crippen molar-refractivity contribution in [1.29, 1.82) is 0 Å². The SMILES string of the molecule is CCCC(CC)(CC)OOC(=O)C(=O)OF. The van der Waals surface area contributed by atoms with E-state index in [1.165, 1.54) is 0 Å². The summed E-state index contributed by atoms with van der Waals surface area (Å²) >= 11 is 0. The molecule has 0 fully saturated rings. The van der Waals surface area contributed by atoms with E-state index in [2.05, 4.69) is 9.83 Å². The second kappa shape index (κ2) is 7.16. The second-order valence-electron chi connectivity index (χ2n) is 3.46. The molecule has 0 heterocycles. The van der Waals surface area contributed by atoms with Gasteiger partial charge < -0.3 is 0 Å². The van der Waals surface area contributed by atoms with Gasteiger partial charge in [-0.15, -0.1) is 0 Å². The van der Waals surface area contributed by atoms with Crippen LogP contribution in [0, 0.1) is 0 Å². The van der Waals surface area contributed by atoms with E-state index in [4.69, 9.17) is 4.89 Å². The largest absolute Gasteiger partial charge is 0.459 e. The van der Waals surface area contributed by atoms with Crippen molar-refractivity contribution in [2.75, 3.05) is 0 Å². The lowest BCUT2D eigenvalue weighted by Crippen LogP contribution is -2.33. The summed E-state index contributed by atoms with van der Waals surface area (Å²) < 4.78 is 11.4. The second-order valence-corrected chi connectivity index (χ2v) is 3.46. The highest BCUT2D eigenvalue weighted by molar-refractivity contribution is 6.29. The van der Waals surface area contributed by atoms with Crippen molar-refractivity contribution < 1.29 is 28.8 Å². The van der Waals surface area contributed by atoms with E-state index >= 15 is 0 Å². The molecule has 0 N–H and O–H groups in total. The molecule has 0 aromatic heterocycles. The van der Waals surface area contributed by atoms with Crippen molar-refractivity contribution in [3.63, 3.8) is 0 Å². The molecular formula is C10H17FO5. The highest BCUT2D eigenvalue weighted by atomic mass is 19.3. The van der Waals surface area contributed by atoms with E-state index in [1.807, 2.05) is 20.8 Å². The van der Waals surface area contributed by atoms with E-state index in [1.54, 1.807) is 0 Å². The van der Waals surface area contributed by atoms with Crippen LogP contribution < -0.4 is 0 Å². The lowest BCUT2D eigenvalue weighted by atomic mass is 9.92. The molecule has 0 bridgehead atoms. The minimum Gasteiger partial charge on any atom is -0.285 e. The van der Waals surface area contributed by atoms with Crippen LogP contribution in [-0.4, -0.2) is 17.5 Å². The third kappa shape index (κ3) is 4.14. The maximum atomic E-state index is 11.4. The number of halogens is 1. The van der Waals surface area contributed by atoms with Crippen molar-refractivity contribution in [2.24, 2.45) is 0 Å². The van der Waals surface area contributed by atoms with Crippen molar-refractivity contribution in [3.05, 3.63) is 0 Å². The molecule has 0 rings (SSSR count). The maximum Gasteiger partial charge on any atom is 0.459 e. The van der Waals surface area contributed by atoms with Gasteiger partial charge in [0.2, 0.25) is 0 Å². The van der Waals surface area contributed by atoms with Gasteiger partial charge >= 0.3 is 11.9 Å². The van der Waals surface area contributed by atoms with Gasteiger partial charge in [-0.1, -0.05) is 27.2 Å². The summed E-state index contributed by atoms with van der Waals surface area (Å²) in [5, 5.41) is 0. The molecule has 0 aliphatic rings. The first-order valence-electron chi connectivity index (χ1n) is 5.27. The first-order chi connectivity index (χ1) is 7.55. The number of hydrogen-bond acceptors (Lipinski definition) is 5. The summed E-state index contributed by atoms with van der Waals surface area (Å²) in [5.41, 5.74) is -0.624. The van der Waals surface area contributed by atoms with Crippen LogP contribution in [-0.2, 0) is 24.3 Å². The fourth-order valence-electron chi connectivity index (χ4n) is 1.41. The van der Waals surface area contributed by atoms with Crippen molar-refractivity contribution >= 4 is 11.9 Å². The monoisotopic (exact) mass is 236 g/mol. The van der Waals surface area contributed by atoms with Crippen molar-refractivity contribution in [2.45, 2.75) is 52.1 Å². The first-order valence-corrected chi connectivity index (χ1v) is 5.27. The zero-order chi connectivity index (χ0) is 12.6. The molecule has 0 saturated heterocycles. The van der Waals surface area contributed by atoms with Crippen LogP contribution in [0.4, 0.5) is 4.53 Å². The van der Waals surface area contributed by atoms with Crippen LogP contribution in [0.5, 0.6) is 0 Å². The Hall–Kier alpha value is -1.17. The molecule has 0 amide bonds. The fourth-order valence-corrected chi connectivity index (χ4v) is 1.41. The molecule has 0 unspecified atom stereocenters. The van der Waals surface area contributed by atoms with E-state index in [0.717, 1.165) is 6.42 Å². The van der Waals surface area contributed by atoms with E-state index in [-0.39, 0.29) is 0 Å². The maximum absolute atomic E-state index is 11.4. The van der Waals surface area contributed by atoms with E-state index in [0.29, 0.717) is 19.3 Å². The molecule has 0 spiro atoms. The molecule has 0 atom stereocenters. The van der Waals surface area contributed by atoms with Gasteiger partial charge in [0, 0.05) is 4.53 Å². The fraction of sp³-hybridized carbons (Fsp3) is 0.800. The summed E-state index contributed by atoms with van der Waals surface area (Å²) in [4.78, 5) is 33.1. The van der Waals surface area contributed by atoms with Gasteiger partial charge in [0.25, 0.3) is 0 Å².